The molecule has 0 radical (unpaired) electrons. The standard InChI is InChI=1S/C11H18N2O5/c1-5-17-9(15)7-6-8(14)12-13-10(16)18-11(2,3)4/h6-7H,5H2,1-4H3,(H,12,14)(H,13,16)/b7-6-. The number of hydrogen-bond acceptors (Lipinski definition) is 5. The van der Waals surface area contributed by atoms with Crippen LogP contribution >= 0.6 is 0 Å². The molecule has 0 atom stereocenters. The first-order valence-electron chi connectivity index (χ1n) is 5.38. The van der Waals surface area contributed by atoms with E-state index in [9.17, 15) is 14.4 Å². The largest absolute Gasteiger partial charge is 0.463 e. The van der Waals surface area contributed by atoms with Crippen LogP contribution in [0, 0.1) is 0 Å². The van der Waals surface area contributed by atoms with Crippen LogP contribution in [0.1, 0.15) is 27.7 Å². The van der Waals surface area contributed by atoms with E-state index in [1.54, 1.807) is 27.7 Å². The zero-order valence-electron chi connectivity index (χ0n) is 10.9. The topological polar surface area (TPSA) is 93.7 Å². The third-order valence-corrected chi connectivity index (χ3v) is 1.34. The van der Waals surface area contributed by atoms with E-state index in [2.05, 4.69) is 4.74 Å². The maximum atomic E-state index is 11.1. The molecule has 0 aromatic rings. The summed E-state index contributed by atoms with van der Waals surface area (Å²) in [6.45, 7) is 6.94. The van der Waals surface area contributed by atoms with Gasteiger partial charge < -0.3 is 9.47 Å². The molecule has 0 saturated carbocycles. The van der Waals surface area contributed by atoms with E-state index in [4.69, 9.17) is 4.74 Å². The van der Waals surface area contributed by atoms with Crippen molar-refractivity contribution >= 4 is 18.0 Å². The zero-order chi connectivity index (χ0) is 14.2. The summed E-state index contributed by atoms with van der Waals surface area (Å²) < 4.78 is 9.44. The van der Waals surface area contributed by atoms with E-state index in [0.717, 1.165) is 12.2 Å². The fourth-order valence-electron chi connectivity index (χ4n) is 0.792. The van der Waals surface area contributed by atoms with Crippen molar-refractivity contribution in [2.24, 2.45) is 0 Å². The summed E-state index contributed by atoms with van der Waals surface area (Å²) in [4.78, 5) is 33.2. The number of carbonyl (C=O) groups is 3. The Balaban J connectivity index is 3.97. The highest BCUT2D eigenvalue weighted by atomic mass is 16.6. The van der Waals surface area contributed by atoms with Crippen molar-refractivity contribution in [1.82, 2.24) is 10.9 Å². The van der Waals surface area contributed by atoms with Gasteiger partial charge in [-0.15, -0.1) is 0 Å². The van der Waals surface area contributed by atoms with Gasteiger partial charge in [0.15, 0.2) is 0 Å². The molecular formula is C11H18N2O5. The normalized spacial score (nSPS) is 10.9. The maximum absolute atomic E-state index is 11.1. The Morgan fingerprint density at radius 3 is 2.22 bits per heavy atom. The minimum Gasteiger partial charge on any atom is -0.463 e. The van der Waals surface area contributed by atoms with Gasteiger partial charge in [0.25, 0.3) is 5.91 Å². The van der Waals surface area contributed by atoms with Gasteiger partial charge in [0.2, 0.25) is 0 Å². The monoisotopic (exact) mass is 258 g/mol. The van der Waals surface area contributed by atoms with Gasteiger partial charge in [-0.2, -0.15) is 0 Å². The van der Waals surface area contributed by atoms with Gasteiger partial charge >= 0.3 is 12.1 Å². The van der Waals surface area contributed by atoms with Gasteiger partial charge in [0, 0.05) is 12.2 Å². The van der Waals surface area contributed by atoms with Crippen molar-refractivity contribution in [3.05, 3.63) is 12.2 Å². The van der Waals surface area contributed by atoms with E-state index in [1.807, 2.05) is 10.9 Å². The van der Waals surface area contributed by atoms with Crippen LogP contribution in [0.5, 0.6) is 0 Å². The predicted molar refractivity (Wildman–Crippen MR) is 63.3 cm³/mol. The molecule has 0 rings (SSSR count). The Bertz CT molecular complexity index is 344. The van der Waals surface area contributed by atoms with Crippen molar-refractivity contribution in [2.45, 2.75) is 33.3 Å². The molecule has 0 aliphatic carbocycles. The Hall–Kier alpha value is -2.05. The van der Waals surface area contributed by atoms with E-state index in [-0.39, 0.29) is 6.61 Å². The molecule has 0 aromatic carbocycles. The Labute approximate surface area is 105 Å². The quantitative estimate of drug-likeness (QED) is 0.440. The van der Waals surface area contributed by atoms with Crippen LogP contribution in [0.3, 0.4) is 0 Å². The van der Waals surface area contributed by atoms with Crippen LogP contribution in [0.15, 0.2) is 12.2 Å². The van der Waals surface area contributed by atoms with Crippen LogP contribution in [-0.4, -0.2) is 30.2 Å². The molecule has 0 unspecified atom stereocenters. The van der Waals surface area contributed by atoms with Crippen LogP contribution in [0.2, 0.25) is 0 Å². The summed E-state index contributed by atoms with van der Waals surface area (Å²) >= 11 is 0. The summed E-state index contributed by atoms with van der Waals surface area (Å²) in [6.07, 6.45) is 1.10. The summed E-state index contributed by atoms with van der Waals surface area (Å²) in [5.74, 6) is -1.31. The van der Waals surface area contributed by atoms with Crippen LogP contribution in [0.4, 0.5) is 4.79 Å². The highest BCUT2D eigenvalue weighted by Crippen LogP contribution is 2.05. The van der Waals surface area contributed by atoms with E-state index < -0.39 is 23.6 Å². The Morgan fingerprint density at radius 2 is 1.72 bits per heavy atom. The Kier molecular flexibility index (Phi) is 6.48. The average molecular weight is 258 g/mol. The first kappa shape index (κ1) is 16.0. The molecule has 2 N–H and O–H groups in total. The summed E-state index contributed by atoms with van der Waals surface area (Å²) in [6, 6.07) is 0. The molecule has 102 valence electrons. The molecule has 2 amide bonds. The molecule has 0 saturated heterocycles. The number of hydrazine groups is 1. The molecular weight excluding hydrogens is 240 g/mol. The SMILES string of the molecule is CCOC(=O)/C=C\C(=O)NNC(=O)OC(C)(C)C. The second-order valence-corrected chi connectivity index (χ2v) is 4.20. The van der Waals surface area contributed by atoms with Crippen LogP contribution < -0.4 is 10.9 Å². The number of nitrogens with one attached hydrogen (secondary N) is 2. The van der Waals surface area contributed by atoms with Gasteiger partial charge in [0.05, 0.1) is 6.61 Å². The van der Waals surface area contributed by atoms with Gasteiger partial charge in [-0.05, 0) is 27.7 Å². The average Bonchev–Trinajstić information content (AvgIpc) is 2.21. The van der Waals surface area contributed by atoms with Crippen molar-refractivity contribution in [2.75, 3.05) is 6.61 Å². The number of amides is 2. The predicted octanol–water partition coefficient (Wildman–Crippen LogP) is 0.662. The molecule has 0 spiro atoms. The Morgan fingerprint density at radius 1 is 1.11 bits per heavy atom. The number of esters is 1. The number of ether oxygens (including phenoxy) is 2. The lowest BCUT2D eigenvalue weighted by molar-refractivity contribution is -0.137. The summed E-state index contributed by atoms with van der Waals surface area (Å²) in [5, 5.41) is 0. The number of rotatable bonds is 3. The molecule has 0 fully saturated rings. The molecule has 0 bridgehead atoms. The fourth-order valence-corrected chi connectivity index (χ4v) is 0.792. The number of hydrogen-bond donors (Lipinski definition) is 2. The molecule has 18 heavy (non-hydrogen) atoms. The van der Waals surface area contributed by atoms with Crippen LogP contribution in [0.25, 0.3) is 0 Å². The minimum atomic E-state index is -0.791. The first-order chi connectivity index (χ1) is 8.24. The molecule has 7 heteroatoms. The molecule has 0 aliphatic rings. The molecule has 7 nitrogen and oxygen atoms in total. The lowest BCUT2D eigenvalue weighted by atomic mass is 10.2. The summed E-state index contributed by atoms with van der Waals surface area (Å²) in [7, 11) is 0. The first-order valence-corrected chi connectivity index (χ1v) is 5.38. The lowest BCUT2D eigenvalue weighted by Gasteiger charge is -2.19. The third-order valence-electron chi connectivity index (χ3n) is 1.34. The summed E-state index contributed by atoms with van der Waals surface area (Å²) in [5.41, 5.74) is 3.42. The highest BCUT2D eigenvalue weighted by Gasteiger charge is 2.15. The van der Waals surface area contributed by atoms with E-state index in [0.29, 0.717) is 0 Å². The van der Waals surface area contributed by atoms with Crippen molar-refractivity contribution in [3.63, 3.8) is 0 Å². The van der Waals surface area contributed by atoms with Gasteiger partial charge in [-0.25, -0.2) is 15.0 Å². The maximum Gasteiger partial charge on any atom is 0.426 e. The highest BCUT2D eigenvalue weighted by molar-refractivity contribution is 5.95. The third kappa shape index (κ3) is 9.20. The second-order valence-electron chi connectivity index (χ2n) is 4.20. The van der Waals surface area contributed by atoms with Crippen molar-refractivity contribution in [3.8, 4) is 0 Å². The van der Waals surface area contributed by atoms with Crippen molar-refractivity contribution < 1.29 is 23.9 Å². The van der Waals surface area contributed by atoms with Gasteiger partial charge in [-0.1, -0.05) is 0 Å². The van der Waals surface area contributed by atoms with Crippen LogP contribution in [-0.2, 0) is 19.1 Å². The smallest absolute Gasteiger partial charge is 0.426 e. The molecule has 0 aliphatic heterocycles. The van der Waals surface area contributed by atoms with Gasteiger partial charge in [-0.3, -0.25) is 10.2 Å². The zero-order valence-corrected chi connectivity index (χ0v) is 10.9. The van der Waals surface area contributed by atoms with Crippen molar-refractivity contribution in [1.29, 1.82) is 0 Å². The van der Waals surface area contributed by atoms with Gasteiger partial charge in [0.1, 0.15) is 5.60 Å². The number of carbonyl (C=O) groups excluding carboxylic acids is 3. The molecule has 0 heterocycles. The fraction of sp³-hybridized carbons (Fsp3) is 0.545. The minimum absolute atomic E-state index is 0.223. The lowest BCUT2D eigenvalue weighted by Crippen LogP contribution is -2.43. The molecule has 0 aromatic heterocycles. The van der Waals surface area contributed by atoms with E-state index >= 15 is 0 Å². The van der Waals surface area contributed by atoms with E-state index in [1.165, 1.54) is 0 Å². The second kappa shape index (κ2) is 7.31.